The number of ether oxygens (including phenoxy) is 2. The van der Waals surface area contributed by atoms with Crippen molar-refractivity contribution in [3.8, 4) is 0 Å². The van der Waals surface area contributed by atoms with Crippen LogP contribution in [0.15, 0.2) is 0 Å². The molecular formula is C20H35N3O10. The van der Waals surface area contributed by atoms with Crippen LogP contribution >= 0.6 is 0 Å². The van der Waals surface area contributed by atoms with Crippen LogP contribution in [0.1, 0.15) is 20.8 Å². The van der Waals surface area contributed by atoms with Gasteiger partial charge in [-0.25, -0.2) is 0 Å². The third-order valence-electron chi connectivity index (χ3n) is 4.62. The molecule has 0 atom stereocenters. The predicted octanol–water partition coefficient (Wildman–Crippen LogP) is -1.09. The summed E-state index contributed by atoms with van der Waals surface area (Å²) in [4.78, 5) is 62.1. The molecule has 0 aliphatic heterocycles. The summed E-state index contributed by atoms with van der Waals surface area (Å²) in [5, 5.41) is 27.5. The Morgan fingerprint density at radius 2 is 1.09 bits per heavy atom. The fourth-order valence-corrected chi connectivity index (χ4v) is 2.91. The fourth-order valence-electron chi connectivity index (χ4n) is 2.91. The van der Waals surface area contributed by atoms with Gasteiger partial charge in [0.05, 0.1) is 32.8 Å². The Labute approximate surface area is 192 Å². The number of carbonyl (C=O) groups excluding carboxylic acids is 2. The summed E-state index contributed by atoms with van der Waals surface area (Å²) in [6, 6.07) is 0. The van der Waals surface area contributed by atoms with E-state index < -0.39 is 42.3 Å². The van der Waals surface area contributed by atoms with Crippen molar-refractivity contribution in [1.82, 2.24) is 14.7 Å². The molecule has 0 unspecified atom stereocenters. The minimum Gasteiger partial charge on any atom is -0.481 e. The third-order valence-corrected chi connectivity index (χ3v) is 4.62. The van der Waals surface area contributed by atoms with Crippen molar-refractivity contribution < 1.29 is 48.8 Å². The van der Waals surface area contributed by atoms with E-state index in [1.807, 2.05) is 6.92 Å². The van der Waals surface area contributed by atoms with E-state index in [1.165, 1.54) is 4.90 Å². The molecule has 0 aliphatic rings. The maximum atomic E-state index is 11.9. The molecule has 0 saturated carbocycles. The summed E-state index contributed by atoms with van der Waals surface area (Å²) in [6.45, 7) is 5.78. The first-order valence-electron chi connectivity index (χ1n) is 10.7. The summed E-state index contributed by atoms with van der Waals surface area (Å²) in [6.07, 6.45) is 0. The molecule has 0 aromatic heterocycles. The number of carbonyl (C=O) groups is 5. The summed E-state index contributed by atoms with van der Waals surface area (Å²) >= 11 is 0. The smallest absolute Gasteiger partial charge is 0.320 e. The van der Waals surface area contributed by atoms with Crippen molar-refractivity contribution in [2.75, 3.05) is 72.1 Å². The lowest BCUT2D eigenvalue weighted by Crippen LogP contribution is -2.46. The molecule has 3 N–H and O–H groups in total. The number of hydrogen-bond acceptors (Lipinski definition) is 10. The number of nitrogens with zero attached hydrogens (tertiary/aromatic N) is 3. The molecule has 0 fully saturated rings. The maximum absolute atomic E-state index is 11.9. The quantitative estimate of drug-likeness (QED) is 0.151. The van der Waals surface area contributed by atoms with Gasteiger partial charge in [-0.05, 0) is 20.4 Å². The zero-order chi connectivity index (χ0) is 25.4. The Bertz CT molecular complexity index is 644. The van der Waals surface area contributed by atoms with Gasteiger partial charge in [0.1, 0.15) is 0 Å². The van der Waals surface area contributed by atoms with Gasteiger partial charge in [0.15, 0.2) is 5.92 Å². The Morgan fingerprint density at radius 3 is 1.48 bits per heavy atom. The highest BCUT2D eigenvalue weighted by atomic mass is 16.5. The first-order chi connectivity index (χ1) is 15.5. The highest BCUT2D eigenvalue weighted by Gasteiger charge is 2.29. The Kier molecular flexibility index (Phi) is 15.4. The van der Waals surface area contributed by atoms with E-state index >= 15 is 0 Å². The molecule has 0 amide bonds. The number of aliphatic carboxylic acids is 3. The van der Waals surface area contributed by atoms with Gasteiger partial charge in [0.25, 0.3) is 0 Å². The molecule has 0 spiro atoms. The number of esters is 2. The van der Waals surface area contributed by atoms with Gasteiger partial charge in [-0.15, -0.1) is 0 Å². The van der Waals surface area contributed by atoms with Gasteiger partial charge in [0, 0.05) is 32.7 Å². The van der Waals surface area contributed by atoms with Gasteiger partial charge >= 0.3 is 29.8 Å². The van der Waals surface area contributed by atoms with E-state index in [0.717, 1.165) is 0 Å². The number of carboxylic acids is 3. The SMILES string of the molecule is CCOC(=O)CN(CC)CCN(CCN(CC(=O)OCC)CC(C(=O)O)C(=O)O)CC(=O)O. The van der Waals surface area contributed by atoms with Gasteiger partial charge in [0.2, 0.25) is 0 Å². The summed E-state index contributed by atoms with van der Waals surface area (Å²) in [7, 11) is 0. The van der Waals surface area contributed by atoms with Crippen LogP contribution in [0.3, 0.4) is 0 Å². The number of rotatable bonds is 19. The van der Waals surface area contributed by atoms with E-state index in [2.05, 4.69) is 0 Å². The molecule has 13 nitrogen and oxygen atoms in total. The first-order valence-corrected chi connectivity index (χ1v) is 10.7. The molecule has 0 radical (unpaired) electrons. The normalized spacial score (nSPS) is 11.2. The van der Waals surface area contributed by atoms with Crippen LogP contribution in [0.2, 0.25) is 0 Å². The standard InChI is InChI=1S/C20H35N3O10/c1-4-21(13-17(26)32-5-2)7-8-22(12-16(24)25)9-10-23(14-18(27)33-6-3)11-15(19(28)29)20(30)31/h15H,4-14H2,1-3H3,(H,24,25)(H,28,29)(H,30,31). The minimum absolute atomic E-state index is 0.0349. The van der Waals surface area contributed by atoms with Crippen molar-refractivity contribution in [2.45, 2.75) is 20.8 Å². The van der Waals surface area contributed by atoms with Crippen LogP contribution in [0.5, 0.6) is 0 Å². The predicted molar refractivity (Wildman–Crippen MR) is 115 cm³/mol. The highest BCUT2D eigenvalue weighted by molar-refractivity contribution is 5.93. The second-order valence-electron chi connectivity index (χ2n) is 7.11. The van der Waals surface area contributed by atoms with Crippen LogP contribution in [-0.2, 0) is 33.4 Å². The van der Waals surface area contributed by atoms with Crippen molar-refractivity contribution in [3.05, 3.63) is 0 Å². The van der Waals surface area contributed by atoms with Gasteiger partial charge in [-0.2, -0.15) is 0 Å². The fraction of sp³-hybridized carbons (Fsp3) is 0.750. The summed E-state index contributed by atoms with van der Waals surface area (Å²) in [5.74, 6) is -6.98. The first kappa shape index (κ1) is 30.2. The molecule has 0 heterocycles. The van der Waals surface area contributed by atoms with E-state index in [1.54, 1.807) is 23.6 Å². The van der Waals surface area contributed by atoms with E-state index in [0.29, 0.717) is 13.1 Å². The molecule has 0 bridgehead atoms. The van der Waals surface area contributed by atoms with Crippen LogP contribution in [0.25, 0.3) is 0 Å². The Morgan fingerprint density at radius 1 is 0.667 bits per heavy atom. The third kappa shape index (κ3) is 14.1. The average molecular weight is 478 g/mol. The zero-order valence-electron chi connectivity index (χ0n) is 19.4. The lowest BCUT2D eigenvalue weighted by molar-refractivity contribution is -0.157. The number of likely N-dealkylation sites (N-methyl/N-ethyl adjacent to an activating group) is 1. The zero-order valence-corrected chi connectivity index (χ0v) is 19.4. The highest BCUT2D eigenvalue weighted by Crippen LogP contribution is 2.04. The average Bonchev–Trinajstić information content (AvgIpc) is 2.71. The van der Waals surface area contributed by atoms with Crippen LogP contribution in [0.4, 0.5) is 0 Å². The molecule has 0 aromatic carbocycles. The summed E-state index contributed by atoms with van der Waals surface area (Å²) < 4.78 is 9.79. The lowest BCUT2D eigenvalue weighted by Gasteiger charge is -2.29. The van der Waals surface area contributed by atoms with Crippen molar-refractivity contribution in [3.63, 3.8) is 0 Å². The summed E-state index contributed by atoms with van der Waals surface area (Å²) in [5.41, 5.74) is 0. The van der Waals surface area contributed by atoms with Gasteiger partial charge in [-0.1, -0.05) is 6.92 Å². The maximum Gasteiger partial charge on any atom is 0.320 e. The molecule has 190 valence electrons. The van der Waals surface area contributed by atoms with Crippen molar-refractivity contribution in [2.24, 2.45) is 5.92 Å². The Hall–Kier alpha value is -2.77. The van der Waals surface area contributed by atoms with Crippen LogP contribution in [-0.4, -0.2) is 132 Å². The second kappa shape index (κ2) is 16.8. The molecule has 0 aliphatic carbocycles. The largest absolute Gasteiger partial charge is 0.481 e. The van der Waals surface area contributed by atoms with Gasteiger partial charge < -0.3 is 24.8 Å². The minimum atomic E-state index is -1.76. The molecule has 33 heavy (non-hydrogen) atoms. The lowest BCUT2D eigenvalue weighted by atomic mass is 10.1. The van der Waals surface area contributed by atoms with Crippen molar-refractivity contribution in [1.29, 1.82) is 0 Å². The number of hydrogen-bond donors (Lipinski definition) is 3. The van der Waals surface area contributed by atoms with Crippen molar-refractivity contribution >= 4 is 29.8 Å². The van der Waals surface area contributed by atoms with E-state index in [4.69, 9.17) is 19.7 Å². The molecular weight excluding hydrogens is 442 g/mol. The topological polar surface area (TPSA) is 174 Å². The molecule has 0 aromatic rings. The molecule has 13 heteroatoms. The van der Waals surface area contributed by atoms with Crippen LogP contribution < -0.4 is 0 Å². The monoisotopic (exact) mass is 477 g/mol. The van der Waals surface area contributed by atoms with Gasteiger partial charge in [-0.3, -0.25) is 38.7 Å². The molecule has 0 rings (SSSR count). The van der Waals surface area contributed by atoms with E-state index in [-0.39, 0.29) is 52.5 Å². The number of carboxylic acid groups (broad SMARTS) is 3. The Balaban J connectivity index is 5.20. The van der Waals surface area contributed by atoms with Crippen LogP contribution in [0, 0.1) is 5.92 Å². The second-order valence-corrected chi connectivity index (χ2v) is 7.11. The molecule has 0 saturated heterocycles. The van der Waals surface area contributed by atoms with E-state index in [9.17, 15) is 29.1 Å².